The number of rotatable bonds is 10. The summed E-state index contributed by atoms with van der Waals surface area (Å²) in [5.74, 6) is 3.37. The lowest BCUT2D eigenvalue weighted by molar-refractivity contribution is 0.308. The van der Waals surface area contributed by atoms with Crippen molar-refractivity contribution < 1.29 is 9.47 Å². The van der Waals surface area contributed by atoms with Crippen LogP contribution in [0.15, 0.2) is 35.6 Å². The zero-order chi connectivity index (χ0) is 18.6. The molecule has 0 aliphatic carbocycles. The highest BCUT2D eigenvalue weighted by Gasteiger charge is 2.02. The van der Waals surface area contributed by atoms with Gasteiger partial charge in [0.25, 0.3) is 0 Å². The summed E-state index contributed by atoms with van der Waals surface area (Å²) >= 11 is 0. The van der Waals surface area contributed by atoms with Gasteiger partial charge in [-0.2, -0.15) is 0 Å². The minimum atomic E-state index is 0.623. The summed E-state index contributed by atoms with van der Waals surface area (Å²) in [4.78, 5) is 4.22. The lowest BCUT2D eigenvalue weighted by atomic mass is 10.3. The van der Waals surface area contributed by atoms with Gasteiger partial charge < -0.3 is 24.7 Å². The Morgan fingerprint density at radius 2 is 2.04 bits per heavy atom. The van der Waals surface area contributed by atoms with Crippen molar-refractivity contribution in [3.8, 4) is 11.5 Å². The van der Waals surface area contributed by atoms with Gasteiger partial charge in [0.15, 0.2) is 5.96 Å². The Labute approximate surface area is 154 Å². The van der Waals surface area contributed by atoms with Gasteiger partial charge in [-0.3, -0.25) is 4.99 Å². The Bertz CT molecular complexity index is 686. The molecule has 1 aromatic heterocycles. The van der Waals surface area contributed by atoms with Crippen molar-refractivity contribution in [1.29, 1.82) is 0 Å². The molecule has 2 rings (SSSR count). The third-order valence-electron chi connectivity index (χ3n) is 3.80. The van der Waals surface area contributed by atoms with Crippen LogP contribution < -0.4 is 20.1 Å². The van der Waals surface area contributed by atoms with E-state index in [1.165, 1.54) is 0 Å². The molecular formula is C18H28N6O2. The Balaban J connectivity index is 1.61. The molecule has 1 heterocycles. The second-order valence-corrected chi connectivity index (χ2v) is 5.60. The van der Waals surface area contributed by atoms with Crippen molar-refractivity contribution >= 4 is 5.96 Å². The first-order valence-corrected chi connectivity index (χ1v) is 8.84. The topological polar surface area (TPSA) is 85.6 Å². The molecule has 0 amide bonds. The van der Waals surface area contributed by atoms with Crippen LogP contribution in [0.3, 0.4) is 0 Å². The van der Waals surface area contributed by atoms with Crippen LogP contribution in [0.4, 0.5) is 0 Å². The van der Waals surface area contributed by atoms with Gasteiger partial charge in [-0.1, -0.05) is 13.0 Å². The Morgan fingerprint density at radius 3 is 2.81 bits per heavy atom. The van der Waals surface area contributed by atoms with E-state index in [-0.39, 0.29) is 0 Å². The van der Waals surface area contributed by atoms with E-state index in [0.717, 1.165) is 55.8 Å². The Hall–Kier alpha value is -2.77. The average molecular weight is 360 g/mol. The van der Waals surface area contributed by atoms with Crippen LogP contribution in [0.1, 0.15) is 19.2 Å². The maximum absolute atomic E-state index is 5.72. The molecule has 0 saturated heterocycles. The van der Waals surface area contributed by atoms with Crippen LogP contribution in [0, 0.1) is 0 Å². The molecule has 0 aliphatic rings. The Morgan fingerprint density at radius 1 is 1.23 bits per heavy atom. The molecule has 142 valence electrons. The molecule has 0 saturated carbocycles. The van der Waals surface area contributed by atoms with Crippen molar-refractivity contribution in [2.45, 2.75) is 26.3 Å². The summed E-state index contributed by atoms with van der Waals surface area (Å²) in [5.41, 5.74) is 0. The van der Waals surface area contributed by atoms with E-state index in [2.05, 4.69) is 32.7 Å². The number of ether oxygens (including phenoxy) is 2. The van der Waals surface area contributed by atoms with Crippen molar-refractivity contribution in [2.24, 2.45) is 4.99 Å². The standard InChI is InChI=1S/C18H28N6O2/c1-4-17-23-22-14-24(17)11-10-21-18(19-2)20-9-6-12-26-16-8-5-7-15(13-16)25-3/h5,7-8,13-14H,4,6,9-12H2,1-3H3,(H2,19,20,21). The van der Waals surface area contributed by atoms with E-state index in [9.17, 15) is 0 Å². The normalized spacial score (nSPS) is 11.3. The van der Waals surface area contributed by atoms with Gasteiger partial charge in [0, 0.05) is 39.2 Å². The zero-order valence-electron chi connectivity index (χ0n) is 15.7. The number of guanidine groups is 1. The quantitative estimate of drug-likeness (QED) is 0.379. The SMILES string of the molecule is CCc1nncn1CCNC(=NC)NCCCOc1cccc(OC)c1. The van der Waals surface area contributed by atoms with E-state index in [4.69, 9.17) is 9.47 Å². The van der Waals surface area contributed by atoms with Gasteiger partial charge in [0.1, 0.15) is 23.7 Å². The summed E-state index contributed by atoms with van der Waals surface area (Å²) in [5, 5.41) is 14.6. The highest BCUT2D eigenvalue weighted by molar-refractivity contribution is 5.79. The summed E-state index contributed by atoms with van der Waals surface area (Å²) in [7, 11) is 3.41. The summed E-state index contributed by atoms with van der Waals surface area (Å²) in [6, 6.07) is 7.61. The van der Waals surface area contributed by atoms with Crippen molar-refractivity contribution in [3.63, 3.8) is 0 Å². The second kappa shape index (κ2) is 11.0. The fourth-order valence-electron chi connectivity index (χ4n) is 2.41. The molecule has 0 spiro atoms. The zero-order valence-corrected chi connectivity index (χ0v) is 15.7. The number of aromatic nitrogens is 3. The Kier molecular flexibility index (Phi) is 8.25. The molecule has 0 aliphatic heterocycles. The highest BCUT2D eigenvalue weighted by atomic mass is 16.5. The van der Waals surface area contributed by atoms with Gasteiger partial charge >= 0.3 is 0 Å². The third kappa shape index (κ3) is 6.27. The first kappa shape index (κ1) is 19.6. The predicted molar refractivity (Wildman–Crippen MR) is 102 cm³/mol. The first-order valence-electron chi connectivity index (χ1n) is 8.84. The van der Waals surface area contributed by atoms with Crippen LogP contribution in [-0.2, 0) is 13.0 Å². The first-order chi connectivity index (χ1) is 12.8. The van der Waals surface area contributed by atoms with Crippen molar-refractivity contribution in [1.82, 2.24) is 25.4 Å². The maximum Gasteiger partial charge on any atom is 0.191 e. The van der Waals surface area contributed by atoms with E-state index in [0.29, 0.717) is 6.61 Å². The molecule has 0 unspecified atom stereocenters. The number of benzene rings is 1. The van der Waals surface area contributed by atoms with Crippen LogP contribution in [0.25, 0.3) is 0 Å². The van der Waals surface area contributed by atoms with Gasteiger partial charge in [-0.25, -0.2) is 0 Å². The second-order valence-electron chi connectivity index (χ2n) is 5.60. The molecule has 1 aromatic carbocycles. The predicted octanol–water partition coefficient (Wildman–Crippen LogP) is 1.48. The number of hydrogen-bond donors (Lipinski definition) is 2. The monoisotopic (exact) mass is 360 g/mol. The van der Waals surface area contributed by atoms with Crippen LogP contribution in [-0.4, -0.2) is 54.6 Å². The highest BCUT2D eigenvalue weighted by Crippen LogP contribution is 2.18. The van der Waals surface area contributed by atoms with E-state index < -0.39 is 0 Å². The molecule has 8 nitrogen and oxygen atoms in total. The lowest BCUT2D eigenvalue weighted by Gasteiger charge is -2.13. The van der Waals surface area contributed by atoms with Crippen LogP contribution >= 0.6 is 0 Å². The lowest BCUT2D eigenvalue weighted by Crippen LogP contribution is -2.39. The number of hydrogen-bond acceptors (Lipinski definition) is 5. The minimum absolute atomic E-state index is 0.623. The van der Waals surface area contributed by atoms with Crippen LogP contribution in [0.5, 0.6) is 11.5 Å². The molecule has 8 heteroatoms. The number of methoxy groups -OCH3 is 1. The molecule has 0 atom stereocenters. The number of nitrogens with one attached hydrogen (secondary N) is 2. The molecule has 0 radical (unpaired) electrons. The number of nitrogens with zero attached hydrogens (tertiary/aromatic N) is 4. The molecule has 0 fully saturated rings. The van der Waals surface area contributed by atoms with Gasteiger partial charge in [0.2, 0.25) is 0 Å². The van der Waals surface area contributed by atoms with Gasteiger partial charge in [-0.15, -0.1) is 10.2 Å². The third-order valence-corrected chi connectivity index (χ3v) is 3.80. The summed E-state index contributed by atoms with van der Waals surface area (Å²) < 4.78 is 12.9. The minimum Gasteiger partial charge on any atom is -0.497 e. The van der Waals surface area contributed by atoms with E-state index in [1.807, 2.05) is 28.8 Å². The fraction of sp³-hybridized carbons (Fsp3) is 0.500. The van der Waals surface area contributed by atoms with Crippen molar-refractivity contribution in [3.05, 3.63) is 36.4 Å². The maximum atomic E-state index is 5.72. The van der Waals surface area contributed by atoms with Crippen molar-refractivity contribution in [2.75, 3.05) is 33.9 Å². The summed E-state index contributed by atoms with van der Waals surface area (Å²) in [6.45, 7) is 5.02. The largest absolute Gasteiger partial charge is 0.497 e. The van der Waals surface area contributed by atoms with Gasteiger partial charge in [-0.05, 0) is 18.6 Å². The molecule has 26 heavy (non-hydrogen) atoms. The smallest absolute Gasteiger partial charge is 0.191 e. The van der Waals surface area contributed by atoms with E-state index in [1.54, 1.807) is 20.5 Å². The average Bonchev–Trinajstić information content (AvgIpc) is 3.14. The molecule has 2 aromatic rings. The number of aliphatic imine (C=N–C) groups is 1. The summed E-state index contributed by atoms with van der Waals surface area (Å²) in [6.07, 6.45) is 3.50. The van der Waals surface area contributed by atoms with E-state index >= 15 is 0 Å². The fourth-order valence-corrected chi connectivity index (χ4v) is 2.41. The van der Waals surface area contributed by atoms with Crippen LogP contribution in [0.2, 0.25) is 0 Å². The van der Waals surface area contributed by atoms with Gasteiger partial charge in [0.05, 0.1) is 13.7 Å². The molecule has 0 bridgehead atoms. The molecule has 2 N–H and O–H groups in total. The molecular weight excluding hydrogens is 332 g/mol. The number of aryl methyl sites for hydroxylation is 1.